The number of aromatic nitrogens is 2. The molecule has 2 aromatic rings. The molecule has 1 aromatic heterocycles. The van der Waals surface area contributed by atoms with Crippen molar-refractivity contribution in [3.8, 4) is 5.75 Å². The standard InChI is InChI=1S/C20H23F3N2O5/c1-3-17-24-16(20(21,22)23)12-18(26)25(17)9-10-30-14-7-5-13(6-8-14)11-15(19(27)28)29-4-2/h5-8,12,15H,3-4,9-11H2,1-2H3,(H,27,28). The van der Waals surface area contributed by atoms with Crippen molar-refractivity contribution in [2.24, 2.45) is 0 Å². The minimum Gasteiger partial charge on any atom is -0.492 e. The number of carboxylic acids is 1. The third kappa shape index (κ3) is 6.31. The Labute approximate surface area is 171 Å². The van der Waals surface area contributed by atoms with Crippen LogP contribution in [0.1, 0.15) is 30.9 Å². The predicted molar refractivity (Wildman–Crippen MR) is 102 cm³/mol. The number of nitrogens with zero attached hydrogens (tertiary/aromatic N) is 2. The second-order valence-electron chi connectivity index (χ2n) is 6.38. The van der Waals surface area contributed by atoms with Crippen molar-refractivity contribution >= 4 is 5.97 Å². The molecule has 1 N–H and O–H groups in total. The molecule has 0 spiro atoms. The van der Waals surface area contributed by atoms with Crippen molar-refractivity contribution in [3.63, 3.8) is 0 Å². The van der Waals surface area contributed by atoms with Gasteiger partial charge in [0.15, 0.2) is 11.8 Å². The van der Waals surface area contributed by atoms with E-state index in [0.717, 1.165) is 10.1 Å². The predicted octanol–water partition coefficient (Wildman–Crippen LogP) is 2.94. The summed E-state index contributed by atoms with van der Waals surface area (Å²) < 4.78 is 50.3. The number of carbonyl (C=O) groups is 1. The number of carboxylic acid groups (broad SMARTS) is 1. The molecule has 1 heterocycles. The fourth-order valence-corrected chi connectivity index (χ4v) is 2.82. The Bertz CT molecular complexity index is 910. The van der Waals surface area contributed by atoms with E-state index in [4.69, 9.17) is 14.6 Å². The minimum absolute atomic E-state index is 0.0319. The highest BCUT2D eigenvalue weighted by atomic mass is 19.4. The van der Waals surface area contributed by atoms with Gasteiger partial charge in [-0.1, -0.05) is 19.1 Å². The number of alkyl halides is 3. The van der Waals surface area contributed by atoms with E-state index in [-0.39, 0.29) is 38.4 Å². The van der Waals surface area contributed by atoms with E-state index in [1.54, 1.807) is 38.1 Å². The van der Waals surface area contributed by atoms with E-state index in [1.165, 1.54) is 0 Å². The minimum atomic E-state index is -4.68. The lowest BCUT2D eigenvalue weighted by atomic mass is 10.1. The molecular weight excluding hydrogens is 405 g/mol. The number of benzene rings is 1. The third-order valence-corrected chi connectivity index (χ3v) is 4.27. The number of hydrogen-bond acceptors (Lipinski definition) is 5. The van der Waals surface area contributed by atoms with Gasteiger partial charge in [-0.2, -0.15) is 13.2 Å². The summed E-state index contributed by atoms with van der Waals surface area (Å²) in [6.07, 6.45) is -5.25. The second kappa shape index (κ2) is 10.2. The summed E-state index contributed by atoms with van der Waals surface area (Å²) in [7, 11) is 0. The van der Waals surface area contributed by atoms with Crippen LogP contribution in [0.4, 0.5) is 13.2 Å². The molecule has 0 radical (unpaired) electrons. The molecule has 0 amide bonds. The molecule has 1 atom stereocenters. The molecule has 0 aliphatic heterocycles. The lowest BCUT2D eigenvalue weighted by molar-refractivity contribution is -0.150. The first kappa shape index (κ1) is 23.4. The maximum absolute atomic E-state index is 12.8. The number of rotatable bonds is 10. The van der Waals surface area contributed by atoms with Crippen molar-refractivity contribution in [3.05, 3.63) is 57.8 Å². The van der Waals surface area contributed by atoms with Crippen LogP contribution in [0.5, 0.6) is 5.75 Å². The number of hydrogen-bond donors (Lipinski definition) is 1. The van der Waals surface area contributed by atoms with Crippen LogP contribution in [0.25, 0.3) is 0 Å². The molecule has 30 heavy (non-hydrogen) atoms. The van der Waals surface area contributed by atoms with Crippen LogP contribution in [0.15, 0.2) is 35.1 Å². The molecule has 0 aliphatic carbocycles. The first-order valence-electron chi connectivity index (χ1n) is 9.39. The fourth-order valence-electron chi connectivity index (χ4n) is 2.82. The number of aliphatic carboxylic acids is 1. The van der Waals surface area contributed by atoms with Gasteiger partial charge < -0.3 is 14.6 Å². The molecule has 7 nitrogen and oxygen atoms in total. The molecule has 0 aliphatic rings. The highest BCUT2D eigenvalue weighted by molar-refractivity contribution is 5.72. The summed E-state index contributed by atoms with van der Waals surface area (Å²) >= 11 is 0. The Morgan fingerprint density at radius 1 is 1.23 bits per heavy atom. The van der Waals surface area contributed by atoms with E-state index >= 15 is 0 Å². The van der Waals surface area contributed by atoms with Crippen molar-refractivity contribution < 1.29 is 32.5 Å². The van der Waals surface area contributed by atoms with Crippen LogP contribution in [0.2, 0.25) is 0 Å². The Balaban J connectivity index is 2.00. The molecule has 1 unspecified atom stereocenters. The molecule has 0 saturated heterocycles. The topological polar surface area (TPSA) is 90.7 Å². The quantitative estimate of drug-likeness (QED) is 0.626. The molecular formula is C20H23F3N2O5. The highest BCUT2D eigenvalue weighted by Gasteiger charge is 2.33. The number of ether oxygens (including phenoxy) is 2. The van der Waals surface area contributed by atoms with Gasteiger partial charge in [0.05, 0.1) is 6.54 Å². The largest absolute Gasteiger partial charge is 0.492 e. The smallest absolute Gasteiger partial charge is 0.433 e. The Hall–Kier alpha value is -2.88. The Kier molecular flexibility index (Phi) is 7.99. The van der Waals surface area contributed by atoms with E-state index in [1.807, 2.05) is 0 Å². The van der Waals surface area contributed by atoms with E-state index < -0.39 is 29.5 Å². The molecule has 0 fully saturated rings. The van der Waals surface area contributed by atoms with Gasteiger partial charge in [-0.3, -0.25) is 9.36 Å². The van der Waals surface area contributed by atoms with E-state index in [9.17, 15) is 22.8 Å². The van der Waals surface area contributed by atoms with Gasteiger partial charge in [-0.05, 0) is 24.6 Å². The third-order valence-electron chi connectivity index (χ3n) is 4.27. The summed E-state index contributed by atoms with van der Waals surface area (Å²) in [5.74, 6) is -0.531. The SMILES string of the molecule is CCOC(Cc1ccc(OCCn2c(CC)nc(C(F)(F)F)cc2=O)cc1)C(=O)O. The summed E-state index contributed by atoms with van der Waals surface area (Å²) in [5.41, 5.74) is -1.24. The van der Waals surface area contributed by atoms with Crippen LogP contribution in [-0.4, -0.2) is 39.9 Å². The zero-order valence-corrected chi connectivity index (χ0v) is 16.6. The molecule has 0 bridgehead atoms. The zero-order valence-electron chi connectivity index (χ0n) is 16.6. The lowest BCUT2D eigenvalue weighted by Crippen LogP contribution is -2.29. The average Bonchev–Trinajstić information content (AvgIpc) is 2.68. The normalized spacial score (nSPS) is 12.6. The van der Waals surface area contributed by atoms with E-state index in [0.29, 0.717) is 11.8 Å². The van der Waals surface area contributed by atoms with Gasteiger partial charge in [0.25, 0.3) is 5.56 Å². The van der Waals surface area contributed by atoms with Gasteiger partial charge in [0, 0.05) is 25.5 Å². The van der Waals surface area contributed by atoms with Gasteiger partial charge in [0.2, 0.25) is 0 Å². The van der Waals surface area contributed by atoms with Crippen LogP contribution < -0.4 is 10.3 Å². The maximum atomic E-state index is 12.8. The molecule has 10 heteroatoms. The highest BCUT2D eigenvalue weighted by Crippen LogP contribution is 2.26. The van der Waals surface area contributed by atoms with Gasteiger partial charge >= 0.3 is 12.1 Å². The van der Waals surface area contributed by atoms with Crippen molar-refractivity contribution in [1.82, 2.24) is 9.55 Å². The number of halogens is 3. The average molecular weight is 428 g/mol. The van der Waals surface area contributed by atoms with Crippen LogP contribution in [0.3, 0.4) is 0 Å². The Morgan fingerprint density at radius 2 is 1.90 bits per heavy atom. The molecule has 0 saturated carbocycles. The zero-order chi connectivity index (χ0) is 22.3. The van der Waals surface area contributed by atoms with Crippen LogP contribution in [-0.2, 0) is 35.1 Å². The first-order valence-corrected chi connectivity index (χ1v) is 9.39. The summed E-state index contributed by atoms with van der Waals surface area (Å²) in [6.45, 7) is 3.71. The van der Waals surface area contributed by atoms with Crippen molar-refractivity contribution in [2.75, 3.05) is 13.2 Å². The van der Waals surface area contributed by atoms with E-state index in [2.05, 4.69) is 4.98 Å². The van der Waals surface area contributed by atoms with Gasteiger partial charge in [0.1, 0.15) is 18.2 Å². The van der Waals surface area contributed by atoms with Crippen molar-refractivity contribution in [1.29, 1.82) is 0 Å². The van der Waals surface area contributed by atoms with Gasteiger partial charge in [-0.15, -0.1) is 0 Å². The maximum Gasteiger partial charge on any atom is 0.433 e. The van der Waals surface area contributed by atoms with Crippen LogP contribution >= 0.6 is 0 Å². The first-order chi connectivity index (χ1) is 14.2. The van der Waals surface area contributed by atoms with Gasteiger partial charge in [-0.25, -0.2) is 9.78 Å². The molecule has 164 valence electrons. The monoisotopic (exact) mass is 428 g/mol. The van der Waals surface area contributed by atoms with Crippen LogP contribution in [0, 0.1) is 0 Å². The molecule has 2 rings (SSSR count). The van der Waals surface area contributed by atoms with Crippen molar-refractivity contribution in [2.45, 2.75) is 45.5 Å². The second-order valence-corrected chi connectivity index (χ2v) is 6.38. The number of aryl methyl sites for hydroxylation is 1. The summed E-state index contributed by atoms with van der Waals surface area (Å²) in [5, 5.41) is 9.13. The summed E-state index contributed by atoms with van der Waals surface area (Å²) in [4.78, 5) is 26.8. The lowest BCUT2D eigenvalue weighted by Gasteiger charge is -2.15. The Morgan fingerprint density at radius 3 is 2.43 bits per heavy atom. The fraction of sp³-hybridized carbons (Fsp3) is 0.450. The molecule has 1 aromatic carbocycles. The summed E-state index contributed by atoms with van der Waals surface area (Å²) in [6, 6.07) is 7.18.